The third-order valence-corrected chi connectivity index (χ3v) is 4.53. The molecule has 0 spiro atoms. The largest absolute Gasteiger partial charge is 0.488 e. The van der Waals surface area contributed by atoms with Crippen molar-refractivity contribution in [2.24, 2.45) is 0 Å². The van der Waals surface area contributed by atoms with Crippen LogP contribution in [0.25, 0.3) is 0 Å². The lowest BCUT2D eigenvalue weighted by Gasteiger charge is -2.24. The highest BCUT2D eigenvalue weighted by Gasteiger charge is 2.16. The summed E-state index contributed by atoms with van der Waals surface area (Å²) in [4.78, 5) is 2.09. The third-order valence-electron chi connectivity index (χ3n) is 4.53. The average Bonchev–Trinajstić information content (AvgIpc) is 3.21. The molecule has 0 saturated heterocycles. The molecule has 0 bridgehead atoms. The number of benzene rings is 2. The van der Waals surface area contributed by atoms with Crippen molar-refractivity contribution in [3.05, 3.63) is 89.6 Å². The van der Waals surface area contributed by atoms with Crippen molar-refractivity contribution < 1.29 is 18.7 Å². The van der Waals surface area contributed by atoms with E-state index < -0.39 is 11.9 Å². The Hall–Kier alpha value is -2.63. The SMILES string of the molecule is CCc1ccc(CN(Cc2ccco2)CC(O)COc2ccccc2F)cc1. The normalized spacial score (nSPS) is 12.3. The van der Waals surface area contributed by atoms with E-state index >= 15 is 0 Å². The van der Waals surface area contributed by atoms with Crippen LogP contribution in [-0.4, -0.2) is 29.3 Å². The molecule has 0 amide bonds. The van der Waals surface area contributed by atoms with Gasteiger partial charge in [-0.2, -0.15) is 0 Å². The minimum atomic E-state index is -0.760. The van der Waals surface area contributed by atoms with Gasteiger partial charge in [0.1, 0.15) is 18.5 Å². The summed E-state index contributed by atoms with van der Waals surface area (Å²) < 4.78 is 24.6. The van der Waals surface area contributed by atoms with Gasteiger partial charge in [-0.1, -0.05) is 43.3 Å². The molecule has 5 heteroatoms. The quantitative estimate of drug-likeness (QED) is 0.563. The molecule has 1 heterocycles. The Morgan fingerprint density at radius 3 is 2.43 bits per heavy atom. The van der Waals surface area contributed by atoms with Gasteiger partial charge in [0.15, 0.2) is 11.6 Å². The van der Waals surface area contributed by atoms with Crippen LogP contribution in [0.15, 0.2) is 71.3 Å². The topological polar surface area (TPSA) is 45.8 Å². The van der Waals surface area contributed by atoms with Gasteiger partial charge in [0.2, 0.25) is 0 Å². The molecule has 1 aromatic heterocycles. The van der Waals surface area contributed by atoms with Crippen molar-refractivity contribution >= 4 is 0 Å². The van der Waals surface area contributed by atoms with Crippen molar-refractivity contribution in [2.45, 2.75) is 32.5 Å². The van der Waals surface area contributed by atoms with Crippen molar-refractivity contribution in [3.63, 3.8) is 0 Å². The highest BCUT2D eigenvalue weighted by molar-refractivity contribution is 5.24. The van der Waals surface area contributed by atoms with Gasteiger partial charge in [0.05, 0.1) is 12.8 Å². The van der Waals surface area contributed by atoms with E-state index in [4.69, 9.17) is 9.15 Å². The van der Waals surface area contributed by atoms with Gasteiger partial charge in [-0.25, -0.2) is 4.39 Å². The van der Waals surface area contributed by atoms with E-state index in [1.54, 1.807) is 24.5 Å². The van der Waals surface area contributed by atoms with Crippen LogP contribution in [0.3, 0.4) is 0 Å². The van der Waals surface area contributed by atoms with E-state index in [2.05, 4.69) is 36.1 Å². The van der Waals surface area contributed by atoms with Gasteiger partial charge in [-0.3, -0.25) is 4.90 Å². The number of aliphatic hydroxyl groups excluding tert-OH is 1. The van der Waals surface area contributed by atoms with Crippen molar-refractivity contribution in [1.29, 1.82) is 0 Å². The highest BCUT2D eigenvalue weighted by atomic mass is 19.1. The standard InChI is InChI=1S/C23H26FNO3/c1-2-18-9-11-19(12-10-18)14-25(16-21-6-5-13-27-21)15-20(26)17-28-23-8-4-3-7-22(23)24/h3-13,20,26H,2,14-17H2,1H3. The molecular weight excluding hydrogens is 357 g/mol. The molecular formula is C23H26FNO3. The van der Waals surface area contributed by atoms with E-state index in [1.165, 1.54) is 11.6 Å². The minimum Gasteiger partial charge on any atom is -0.488 e. The van der Waals surface area contributed by atoms with Crippen LogP contribution in [0, 0.1) is 5.82 Å². The van der Waals surface area contributed by atoms with Crippen molar-refractivity contribution in [2.75, 3.05) is 13.2 Å². The molecule has 3 rings (SSSR count). The summed E-state index contributed by atoms with van der Waals surface area (Å²) in [7, 11) is 0. The molecule has 0 aliphatic heterocycles. The Labute approximate surface area is 165 Å². The van der Waals surface area contributed by atoms with E-state index in [-0.39, 0.29) is 12.4 Å². The average molecular weight is 383 g/mol. The smallest absolute Gasteiger partial charge is 0.165 e. The van der Waals surface area contributed by atoms with Crippen LogP contribution in [0.4, 0.5) is 4.39 Å². The van der Waals surface area contributed by atoms with E-state index in [0.717, 1.165) is 17.7 Å². The molecule has 2 aromatic carbocycles. The van der Waals surface area contributed by atoms with Crippen LogP contribution in [0.2, 0.25) is 0 Å². The lowest BCUT2D eigenvalue weighted by Crippen LogP contribution is -2.35. The molecule has 0 radical (unpaired) electrons. The number of para-hydroxylation sites is 1. The second-order valence-electron chi connectivity index (χ2n) is 6.81. The maximum atomic E-state index is 13.7. The summed E-state index contributed by atoms with van der Waals surface area (Å²) in [6.07, 6.45) is 1.88. The fraction of sp³-hybridized carbons (Fsp3) is 0.304. The van der Waals surface area contributed by atoms with E-state index in [0.29, 0.717) is 19.6 Å². The third kappa shape index (κ3) is 5.94. The first-order valence-corrected chi connectivity index (χ1v) is 9.52. The van der Waals surface area contributed by atoms with Crippen LogP contribution < -0.4 is 4.74 Å². The Morgan fingerprint density at radius 2 is 1.75 bits per heavy atom. The molecule has 0 aliphatic rings. The predicted molar refractivity (Wildman–Crippen MR) is 107 cm³/mol. The Morgan fingerprint density at radius 1 is 1.00 bits per heavy atom. The lowest BCUT2D eigenvalue weighted by atomic mass is 10.1. The number of rotatable bonds is 10. The molecule has 0 saturated carbocycles. The van der Waals surface area contributed by atoms with Gasteiger partial charge in [-0.05, 0) is 41.8 Å². The Balaban J connectivity index is 1.61. The zero-order valence-corrected chi connectivity index (χ0v) is 16.1. The van der Waals surface area contributed by atoms with E-state index in [9.17, 15) is 9.50 Å². The Bertz CT molecular complexity index is 833. The molecule has 1 unspecified atom stereocenters. The summed E-state index contributed by atoms with van der Waals surface area (Å²) in [5.41, 5.74) is 2.45. The molecule has 1 atom stereocenters. The number of hydrogen-bond donors (Lipinski definition) is 1. The van der Waals surface area contributed by atoms with Crippen LogP contribution in [-0.2, 0) is 19.5 Å². The van der Waals surface area contributed by atoms with Gasteiger partial charge < -0.3 is 14.3 Å². The van der Waals surface area contributed by atoms with Gasteiger partial charge in [-0.15, -0.1) is 0 Å². The fourth-order valence-electron chi connectivity index (χ4n) is 3.05. The number of ether oxygens (including phenoxy) is 1. The summed E-state index contributed by atoms with van der Waals surface area (Å²) in [5, 5.41) is 10.4. The zero-order valence-electron chi connectivity index (χ0n) is 16.1. The molecule has 3 aromatic rings. The molecule has 0 aliphatic carbocycles. The number of furan rings is 1. The van der Waals surface area contributed by atoms with Gasteiger partial charge in [0.25, 0.3) is 0 Å². The summed E-state index contributed by atoms with van der Waals surface area (Å²) in [5.74, 6) is 0.542. The summed E-state index contributed by atoms with van der Waals surface area (Å²) in [6.45, 7) is 3.76. The number of aliphatic hydroxyl groups is 1. The van der Waals surface area contributed by atoms with Gasteiger partial charge >= 0.3 is 0 Å². The highest BCUT2D eigenvalue weighted by Crippen LogP contribution is 2.16. The number of halogens is 1. The number of hydrogen-bond acceptors (Lipinski definition) is 4. The first-order chi connectivity index (χ1) is 13.6. The second kappa shape index (κ2) is 10.1. The van der Waals surface area contributed by atoms with Gasteiger partial charge in [0, 0.05) is 13.1 Å². The first-order valence-electron chi connectivity index (χ1n) is 9.52. The van der Waals surface area contributed by atoms with Crippen LogP contribution >= 0.6 is 0 Å². The van der Waals surface area contributed by atoms with Crippen molar-refractivity contribution in [1.82, 2.24) is 4.90 Å². The molecule has 0 fully saturated rings. The maximum Gasteiger partial charge on any atom is 0.165 e. The van der Waals surface area contributed by atoms with Crippen LogP contribution in [0.5, 0.6) is 5.75 Å². The second-order valence-corrected chi connectivity index (χ2v) is 6.81. The number of nitrogens with zero attached hydrogens (tertiary/aromatic N) is 1. The monoisotopic (exact) mass is 383 g/mol. The summed E-state index contributed by atoms with van der Waals surface area (Å²) in [6, 6.07) is 18.4. The predicted octanol–water partition coefficient (Wildman–Crippen LogP) is 4.42. The summed E-state index contributed by atoms with van der Waals surface area (Å²) >= 11 is 0. The number of aryl methyl sites for hydroxylation is 1. The molecule has 4 nitrogen and oxygen atoms in total. The maximum absolute atomic E-state index is 13.7. The zero-order chi connectivity index (χ0) is 19.8. The van der Waals surface area contributed by atoms with E-state index in [1.807, 2.05) is 12.1 Å². The Kier molecular flexibility index (Phi) is 7.23. The first kappa shape index (κ1) is 20.1. The minimum absolute atomic E-state index is 0.0182. The molecule has 28 heavy (non-hydrogen) atoms. The van der Waals surface area contributed by atoms with Crippen LogP contribution in [0.1, 0.15) is 23.8 Å². The van der Waals surface area contributed by atoms with Crippen molar-refractivity contribution in [3.8, 4) is 5.75 Å². The molecule has 148 valence electrons. The molecule has 1 N–H and O–H groups in total. The lowest BCUT2D eigenvalue weighted by molar-refractivity contribution is 0.0592. The fourth-order valence-corrected chi connectivity index (χ4v) is 3.05.